The van der Waals surface area contributed by atoms with Crippen molar-refractivity contribution in [3.05, 3.63) is 116 Å². The van der Waals surface area contributed by atoms with E-state index < -0.39 is 7.29 Å². The van der Waals surface area contributed by atoms with Crippen molar-refractivity contribution in [2.75, 3.05) is 6.54 Å². The maximum Gasteiger partial charge on any atom is 0.204 e. The quantitative estimate of drug-likeness (QED) is 0.286. The molecular formula is C27H27ClNOPS. The van der Waals surface area contributed by atoms with Crippen LogP contribution in [0.1, 0.15) is 26.4 Å². The maximum atomic E-state index is 14.2. The zero-order valence-electron chi connectivity index (χ0n) is 18.3. The Morgan fingerprint density at radius 2 is 1.44 bits per heavy atom. The largest absolute Gasteiger partial charge is 0.297 e. The van der Waals surface area contributed by atoms with Gasteiger partial charge >= 0.3 is 0 Å². The number of hydrogen-bond acceptors (Lipinski definition) is 2. The smallest absolute Gasteiger partial charge is 0.204 e. The molecule has 0 atom stereocenters. The molecule has 0 fully saturated rings. The molecule has 1 N–H and O–H groups in total. The van der Waals surface area contributed by atoms with Gasteiger partial charge in [0.05, 0.1) is 0 Å². The first-order valence-corrected chi connectivity index (χ1v) is 13.7. The Kier molecular flexibility index (Phi) is 7.33. The van der Waals surface area contributed by atoms with E-state index in [0.717, 1.165) is 28.5 Å². The Labute approximate surface area is 199 Å². The Morgan fingerprint density at radius 1 is 0.812 bits per heavy atom. The average molecular weight is 480 g/mol. The summed E-state index contributed by atoms with van der Waals surface area (Å²) < 4.78 is 14.2. The number of hydrogen-bond donors (Lipinski definition) is 1. The molecule has 0 amide bonds. The Morgan fingerprint density at radius 3 is 2.00 bits per heavy atom. The predicted octanol–water partition coefficient (Wildman–Crippen LogP) is 6.67. The van der Waals surface area contributed by atoms with Crippen LogP contribution in [0.2, 0.25) is 5.02 Å². The number of benzene rings is 3. The third kappa shape index (κ3) is 5.24. The fraction of sp³-hybridized carbons (Fsp3) is 0.185. The lowest BCUT2D eigenvalue weighted by Crippen LogP contribution is -2.29. The fourth-order valence-electron chi connectivity index (χ4n) is 4.02. The molecule has 0 radical (unpaired) electrons. The van der Waals surface area contributed by atoms with Crippen molar-refractivity contribution in [3.8, 4) is 0 Å². The van der Waals surface area contributed by atoms with Crippen LogP contribution >= 0.6 is 30.2 Å². The van der Waals surface area contributed by atoms with E-state index >= 15 is 0 Å². The lowest BCUT2D eigenvalue weighted by molar-refractivity contribution is 0.578. The molecule has 0 saturated carbocycles. The van der Waals surface area contributed by atoms with Crippen molar-refractivity contribution in [1.82, 2.24) is 5.09 Å². The molecule has 164 valence electrons. The monoisotopic (exact) mass is 479 g/mol. The van der Waals surface area contributed by atoms with Crippen LogP contribution in [0.5, 0.6) is 0 Å². The van der Waals surface area contributed by atoms with E-state index in [1.165, 1.54) is 26.4 Å². The first-order chi connectivity index (χ1) is 15.5. The molecule has 5 heteroatoms. The molecule has 4 aromatic rings. The van der Waals surface area contributed by atoms with E-state index in [1.807, 2.05) is 78.1 Å². The summed E-state index contributed by atoms with van der Waals surface area (Å²) in [7, 11) is -2.93. The van der Waals surface area contributed by atoms with Gasteiger partial charge in [-0.2, -0.15) is 0 Å². The average Bonchev–Trinajstić information content (AvgIpc) is 3.12. The standard InChI is InChI=1S/C27H27ClNOPS/c1-20-17-23(21(2)32-20)18-24-19-25(28)14-13-22(24)15-16-29-31(30,26-9-5-3-6-10-26)27-11-7-4-8-12-27/h3-14,17,19H,15-16,18H2,1-2H3,(H,29,30). The zero-order chi connectivity index (χ0) is 22.6. The van der Waals surface area contributed by atoms with E-state index in [2.05, 4.69) is 37.1 Å². The Balaban J connectivity index is 1.56. The number of nitrogens with one attached hydrogen (secondary N) is 1. The second-order valence-electron chi connectivity index (χ2n) is 7.97. The van der Waals surface area contributed by atoms with Gasteiger partial charge in [0.2, 0.25) is 7.29 Å². The van der Waals surface area contributed by atoms with E-state index in [1.54, 1.807) is 0 Å². The molecule has 1 heterocycles. The van der Waals surface area contributed by atoms with Crippen LogP contribution in [-0.4, -0.2) is 6.54 Å². The number of rotatable bonds is 8. The summed E-state index contributed by atoms with van der Waals surface area (Å²) in [5.41, 5.74) is 3.82. The summed E-state index contributed by atoms with van der Waals surface area (Å²) in [5, 5.41) is 5.83. The normalized spacial score (nSPS) is 11.6. The van der Waals surface area contributed by atoms with Crippen molar-refractivity contribution < 1.29 is 4.57 Å². The van der Waals surface area contributed by atoms with Gasteiger partial charge in [-0.15, -0.1) is 11.3 Å². The van der Waals surface area contributed by atoms with Gasteiger partial charge in [-0.3, -0.25) is 9.65 Å². The van der Waals surface area contributed by atoms with Gasteiger partial charge in [0, 0.05) is 31.9 Å². The van der Waals surface area contributed by atoms with Crippen molar-refractivity contribution >= 4 is 40.8 Å². The summed E-state index contributed by atoms with van der Waals surface area (Å²) in [6.45, 7) is 4.93. The molecule has 3 aromatic carbocycles. The van der Waals surface area contributed by atoms with E-state index in [0.29, 0.717) is 6.54 Å². The molecule has 0 unspecified atom stereocenters. The zero-order valence-corrected chi connectivity index (χ0v) is 20.8. The minimum Gasteiger partial charge on any atom is -0.297 e. The minimum atomic E-state index is -2.93. The topological polar surface area (TPSA) is 29.1 Å². The van der Waals surface area contributed by atoms with Crippen LogP contribution in [0, 0.1) is 13.8 Å². The van der Waals surface area contributed by atoms with Gasteiger partial charge < -0.3 is 0 Å². The Bertz CT molecular complexity index is 1190. The molecular weight excluding hydrogens is 453 g/mol. The van der Waals surface area contributed by atoms with Gasteiger partial charge in [0.25, 0.3) is 0 Å². The fourth-order valence-corrected chi connectivity index (χ4v) is 7.44. The maximum absolute atomic E-state index is 14.2. The predicted molar refractivity (Wildman–Crippen MR) is 140 cm³/mol. The molecule has 4 rings (SSSR count). The molecule has 1 aromatic heterocycles. The van der Waals surface area contributed by atoms with Crippen LogP contribution in [0.25, 0.3) is 0 Å². The molecule has 32 heavy (non-hydrogen) atoms. The lowest BCUT2D eigenvalue weighted by Gasteiger charge is -2.21. The van der Waals surface area contributed by atoms with Gasteiger partial charge in [0.15, 0.2) is 0 Å². The Hall–Kier alpha value is -2.16. The second-order valence-corrected chi connectivity index (χ2v) is 12.4. The van der Waals surface area contributed by atoms with Crippen molar-refractivity contribution in [1.29, 1.82) is 0 Å². The van der Waals surface area contributed by atoms with E-state index in [4.69, 9.17) is 11.6 Å². The molecule has 0 spiro atoms. The van der Waals surface area contributed by atoms with Crippen LogP contribution in [0.3, 0.4) is 0 Å². The molecule has 0 aliphatic heterocycles. The summed E-state index contributed by atoms with van der Waals surface area (Å²) in [6.07, 6.45) is 1.64. The first kappa shape index (κ1) is 23.0. The van der Waals surface area contributed by atoms with Gasteiger partial charge in [-0.05, 0) is 85.8 Å². The number of thiophene rings is 1. The highest BCUT2D eigenvalue weighted by molar-refractivity contribution is 7.76. The third-order valence-electron chi connectivity index (χ3n) is 5.66. The van der Waals surface area contributed by atoms with Crippen molar-refractivity contribution in [2.24, 2.45) is 0 Å². The van der Waals surface area contributed by atoms with Crippen LogP contribution < -0.4 is 15.7 Å². The molecule has 0 saturated heterocycles. The van der Waals surface area contributed by atoms with Crippen molar-refractivity contribution in [3.63, 3.8) is 0 Å². The highest BCUT2D eigenvalue weighted by Crippen LogP contribution is 2.38. The highest BCUT2D eigenvalue weighted by Gasteiger charge is 2.26. The molecule has 0 bridgehead atoms. The van der Waals surface area contributed by atoms with Crippen LogP contribution in [0.4, 0.5) is 0 Å². The van der Waals surface area contributed by atoms with Crippen LogP contribution in [0.15, 0.2) is 84.9 Å². The second kappa shape index (κ2) is 10.2. The summed E-state index contributed by atoms with van der Waals surface area (Å²) in [6, 6.07) is 27.8. The summed E-state index contributed by atoms with van der Waals surface area (Å²) in [4.78, 5) is 2.68. The molecule has 0 aliphatic carbocycles. The molecule has 0 aliphatic rings. The summed E-state index contributed by atoms with van der Waals surface area (Å²) >= 11 is 8.17. The first-order valence-electron chi connectivity index (χ1n) is 10.8. The van der Waals surface area contributed by atoms with E-state index in [9.17, 15) is 4.57 Å². The lowest BCUT2D eigenvalue weighted by atomic mass is 9.98. The number of halogens is 1. The number of aryl methyl sites for hydroxylation is 2. The molecule has 2 nitrogen and oxygen atoms in total. The van der Waals surface area contributed by atoms with Gasteiger partial charge in [-0.1, -0.05) is 54.1 Å². The van der Waals surface area contributed by atoms with Crippen molar-refractivity contribution in [2.45, 2.75) is 26.7 Å². The highest BCUT2D eigenvalue weighted by atomic mass is 35.5. The summed E-state index contributed by atoms with van der Waals surface area (Å²) in [5.74, 6) is 0. The third-order valence-corrected chi connectivity index (χ3v) is 9.62. The van der Waals surface area contributed by atoms with Gasteiger partial charge in [0.1, 0.15) is 0 Å². The van der Waals surface area contributed by atoms with E-state index in [-0.39, 0.29) is 0 Å². The minimum absolute atomic E-state index is 0.608. The van der Waals surface area contributed by atoms with Crippen LogP contribution in [-0.2, 0) is 17.4 Å². The van der Waals surface area contributed by atoms with Gasteiger partial charge in [-0.25, -0.2) is 0 Å². The SMILES string of the molecule is Cc1cc(Cc2cc(Cl)ccc2CCNP(=O)(c2ccccc2)c2ccccc2)c(C)s1.